The minimum atomic E-state index is -0.269. The number of rotatable bonds is 9. The molecule has 3 rings (SSSR count). The zero-order valence-electron chi connectivity index (χ0n) is 18.8. The molecule has 0 fully saturated rings. The van der Waals surface area contributed by atoms with Crippen molar-refractivity contribution < 1.29 is 9.53 Å². The minimum Gasteiger partial charge on any atom is -0.496 e. The van der Waals surface area contributed by atoms with E-state index in [9.17, 15) is 9.59 Å². The summed E-state index contributed by atoms with van der Waals surface area (Å²) < 4.78 is 6.85. The number of carbonyl (C=O) groups excluding carboxylic acids is 1. The van der Waals surface area contributed by atoms with E-state index < -0.39 is 0 Å². The standard InChI is InChI=1S/C26H29N3O3/c1-27(2)17-18-28(20-21-11-5-4-6-12-21)26(31)23(29-16-10-9-15-25(29)30)19-22-13-7-8-14-24(22)32-3/h4-16,19H,17-18,20H2,1-3H3/b23-19+. The van der Waals surface area contributed by atoms with Crippen LogP contribution in [0.5, 0.6) is 5.75 Å². The monoisotopic (exact) mass is 431 g/mol. The molecule has 6 heteroatoms. The first kappa shape index (κ1) is 23.0. The minimum absolute atomic E-state index is 0.227. The highest BCUT2D eigenvalue weighted by Gasteiger charge is 2.21. The Morgan fingerprint density at radius 1 is 0.938 bits per heavy atom. The number of benzene rings is 2. The van der Waals surface area contributed by atoms with Gasteiger partial charge in [0.2, 0.25) is 0 Å². The van der Waals surface area contributed by atoms with Crippen molar-refractivity contribution in [1.82, 2.24) is 14.4 Å². The Labute approximate surface area is 189 Å². The average Bonchev–Trinajstić information content (AvgIpc) is 2.81. The van der Waals surface area contributed by atoms with E-state index in [2.05, 4.69) is 0 Å². The number of nitrogens with zero attached hydrogens (tertiary/aromatic N) is 3. The summed E-state index contributed by atoms with van der Waals surface area (Å²) in [4.78, 5) is 30.3. The van der Waals surface area contributed by atoms with Gasteiger partial charge in [-0.15, -0.1) is 0 Å². The van der Waals surface area contributed by atoms with Gasteiger partial charge >= 0.3 is 0 Å². The van der Waals surface area contributed by atoms with Crippen molar-refractivity contribution in [2.75, 3.05) is 34.3 Å². The molecule has 1 amide bonds. The smallest absolute Gasteiger partial charge is 0.271 e. The molecule has 32 heavy (non-hydrogen) atoms. The van der Waals surface area contributed by atoms with Gasteiger partial charge < -0.3 is 14.5 Å². The Bertz CT molecular complexity index is 1120. The van der Waals surface area contributed by atoms with Crippen LogP contribution in [0.1, 0.15) is 11.1 Å². The highest BCUT2D eigenvalue weighted by Crippen LogP contribution is 2.23. The fourth-order valence-electron chi connectivity index (χ4n) is 3.33. The third-order valence-electron chi connectivity index (χ3n) is 5.05. The molecule has 0 unspecified atom stereocenters. The Balaban J connectivity index is 2.08. The second kappa shape index (κ2) is 11.1. The Morgan fingerprint density at radius 2 is 1.62 bits per heavy atom. The molecule has 0 aliphatic heterocycles. The van der Waals surface area contributed by atoms with Gasteiger partial charge in [0.1, 0.15) is 11.4 Å². The number of aromatic nitrogens is 1. The molecule has 0 spiro atoms. The first-order valence-electron chi connectivity index (χ1n) is 10.5. The molecule has 0 atom stereocenters. The lowest BCUT2D eigenvalue weighted by Gasteiger charge is -2.26. The van der Waals surface area contributed by atoms with Crippen molar-refractivity contribution in [2.24, 2.45) is 0 Å². The normalized spacial score (nSPS) is 11.4. The zero-order chi connectivity index (χ0) is 22.9. The molecule has 0 saturated heterocycles. The number of amides is 1. The Morgan fingerprint density at radius 3 is 2.31 bits per heavy atom. The lowest BCUT2D eigenvalue weighted by atomic mass is 10.1. The van der Waals surface area contributed by atoms with Crippen LogP contribution < -0.4 is 10.3 Å². The molecule has 1 heterocycles. The van der Waals surface area contributed by atoms with Gasteiger partial charge in [-0.2, -0.15) is 0 Å². The van der Waals surface area contributed by atoms with Crippen molar-refractivity contribution in [1.29, 1.82) is 0 Å². The number of likely N-dealkylation sites (N-methyl/N-ethyl adjacent to an activating group) is 1. The molecule has 3 aromatic rings. The molecule has 1 aromatic heterocycles. The summed E-state index contributed by atoms with van der Waals surface area (Å²) in [5, 5.41) is 0. The molecule has 0 N–H and O–H groups in total. The highest BCUT2D eigenvalue weighted by atomic mass is 16.5. The van der Waals surface area contributed by atoms with Crippen LogP contribution in [0, 0.1) is 0 Å². The van der Waals surface area contributed by atoms with Crippen LogP contribution in [0.4, 0.5) is 0 Å². The number of hydrogen-bond donors (Lipinski definition) is 0. The Kier molecular flexibility index (Phi) is 8.00. The van der Waals surface area contributed by atoms with Gasteiger partial charge in [0.25, 0.3) is 11.5 Å². The van der Waals surface area contributed by atoms with Crippen molar-refractivity contribution >= 4 is 17.7 Å². The highest BCUT2D eigenvalue weighted by molar-refractivity contribution is 6.18. The second-order valence-electron chi connectivity index (χ2n) is 7.70. The van der Waals surface area contributed by atoms with Crippen LogP contribution >= 0.6 is 0 Å². The van der Waals surface area contributed by atoms with E-state index >= 15 is 0 Å². The van der Waals surface area contributed by atoms with Crippen molar-refractivity contribution in [3.8, 4) is 5.75 Å². The van der Waals surface area contributed by atoms with Gasteiger partial charge in [0, 0.05) is 37.5 Å². The predicted octanol–water partition coefficient (Wildman–Crippen LogP) is 3.45. The zero-order valence-corrected chi connectivity index (χ0v) is 18.8. The summed E-state index contributed by atoms with van der Waals surface area (Å²) in [7, 11) is 5.53. The summed E-state index contributed by atoms with van der Waals surface area (Å²) in [6.07, 6.45) is 3.34. The lowest BCUT2D eigenvalue weighted by Crippen LogP contribution is -2.39. The second-order valence-corrected chi connectivity index (χ2v) is 7.70. The van der Waals surface area contributed by atoms with Gasteiger partial charge in [0.15, 0.2) is 0 Å². The van der Waals surface area contributed by atoms with E-state index in [0.717, 1.165) is 11.1 Å². The fraction of sp³-hybridized carbons (Fsp3) is 0.231. The van der Waals surface area contributed by atoms with Crippen LogP contribution in [-0.2, 0) is 11.3 Å². The predicted molar refractivity (Wildman–Crippen MR) is 128 cm³/mol. The van der Waals surface area contributed by atoms with Gasteiger partial charge in [-0.25, -0.2) is 0 Å². The van der Waals surface area contributed by atoms with Gasteiger partial charge in [-0.1, -0.05) is 54.6 Å². The topological polar surface area (TPSA) is 54.8 Å². The SMILES string of the molecule is COc1ccccc1/C=C(\C(=O)N(CCN(C)C)Cc1ccccc1)n1ccccc1=O. The van der Waals surface area contributed by atoms with E-state index in [-0.39, 0.29) is 17.2 Å². The Hall–Kier alpha value is -3.64. The largest absolute Gasteiger partial charge is 0.496 e. The third-order valence-corrected chi connectivity index (χ3v) is 5.05. The molecule has 0 radical (unpaired) electrons. The van der Waals surface area contributed by atoms with Crippen molar-refractivity contribution in [3.63, 3.8) is 0 Å². The molecule has 0 bridgehead atoms. The molecular weight excluding hydrogens is 402 g/mol. The summed E-state index contributed by atoms with van der Waals surface area (Å²) in [6.45, 7) is 1.66. The van der Waals surface area contributed by atoms with Crippen LogP contribution in [0.3, 0.4) is 0 Å². The van der Waals surface area contributed by atoms with E-state index in [0.29, 0.717) is 25.4 Å². The van der Waals surface area contributed by atoms with E-state index in [1.807, 2.05) is 73.6 Å². The van der Waals surface area contributed by atoms with Crippen molar-refractivity contribution in [3.05, 3.63) is 100 Å². The number of para-hydroxylation sites is 1. The lowest BCUT2D eigenvalue weighted by molar-refractivity contribution is -0.126. The molecule has 2 aromatic carbocycles. The first-order chi connectivity index (χ1) is 15.5. The number of methoxy groups -OCH3 is 1. The molecule has 6 nitrogen and oxygen atoms in total. The van der Waals surface area contributed by atoms with E-state index in [1.54, 1.807) is 36.4 Å². The molecule has 0 aliphatic rings. The van der Waals surface area contributed by atoms with Gasteiger partial charge in [-0.3, -0.25) is 14.2 Å². The molecule has 0 saturated carbocycles. The van der Waals surface area contributed by atoms with Crippen LogP contribution in [0.25, 0.3) is 11.8 Å². The number of pyridine rings is 1. The van der Waals surface area contributed by atoms with Crippen LogP contribution in [0.15, 0.2) is 83.8 Å². The van der Waals surface area contributed by atoms with E-state index in [1.165, 1.54) is 10.6 Å². The van der Waals surface area contributed by atoms with Crippen molar-refractivity contribution in [2.45, 2.75) is 6.54 Å². The maximum Gasteiger partial charge on any atom is 0.271 e. The number of hydrogen-bond acceptors (Lipinski definition) is 4. The van der Waals surface area contributed by atoms with Gasteiger partial charge in [0.05, 0.1) is 7.11 Å². The summed E-state index contributed by atoms with van der Waals surface area (Å²) in [6, 6.07) is 22.1. The third kappa shape index (κ3) is 5.95. The molecule has 166 valence electrons. The van der Waals surface area contributed by atoms with Crippen LogP contribution in [0.2, 0.25) is 0 Å². The summed E-state index contributed by atoms with van der Waals surface area (Å²) in [5.74, 6) is 0.402. The summed E-state index contributed by atoms with van der Waals surface area (Å²) in [5.41, 5.74) is 1.75. The maximum atomic E-state index is 13.9. The molecule has 0 aliphatic carbocycles. The fourth-order valence-corrected chi connectivity index (χ4v) is 3.33. The first-order valence-corrected chi connectivity index (χ1v) is 10.5. The maximum absolute atomic E-state index is 13.9. The van der Waals surface area contributed by atoms with Gasteiger partial charge in [-0.05, 0) is 37.9 Å². The molecular formula is C26H29N3O3. The summed E-state index contributed by atoms with van der Waals surface area (Å²) >= 11 is 0. The number of ether oxygens (including phenoxy) is 1. The average molecular weight is 432 g/mol. The number of carbonyl (C=O) groups is 1. The van der Waals surface area contributed by atoms with E-state index in [4.69, 9.17) is 4.74 Å². The van der Waals surface area contributed by atoms with Crippen LogP contribution in [-0.4, -0.2) is 54.6 Å². The quantitative estimate of drug-likeness (QED) is 0.487.